The SMILES string of the molecule is C[N-]/C(=N\O)C(C)C.[Y]. The minimum absolute atomic E-state index is 0. The van der Waals surface area contributed by atoms with Gasteiger partial charge < -0.3 is 15.7 Å². The van der Waals surface area contributed by atoms with E-state index in [1.54, 1.807) is 7.05 Å². The van der Waals surface area contributed by atoms with Crippen LogP contribution in [-0.2, 0) is 32.7 Å². The van der Waals surface area contributed by atoms with Gasteiger partial charge in [0.2, 0.25) is 0 Å². The van der Waals surface area contributed by atoms with Gasteiger partial charge in [0.1, 0.15) is 0 Å². The normalized spacial score (nSPS) is 10.9. The molecule has 1 radical (unpaired) electrons. The summed E-state index contributed by atoms with van der Waals surface area (Å²) in [6, 6.07) is 0. The maximum atomic E-state index is 8.19. The minimum atomic E-state index is 0. The molecule has 0 aliphatic carbocycles. The number of hydrogen-bond acceptors (Lipinski definition) is 2. The summed E-state index contributed by atoms with van der Waals surface area (Å²) in [4.78, 5) is 0. The predicted octanol–water partition coefficient (Wildman–Crippen LogP) is 1.43. The molecule has 0 unspecified atom stereocenters. The third kappa shape index (κ3) is 4.85. The molecular weight excluding hydrogens is 193 g/mol. The Labute approximate surface area is 80.8 Å². The molecule has 4 heteroatoms. The van der Waals surface area contributed by atoms with Crippen LogP contribution in [0.2, 0.25) is 0 Å². The number of rotatable bonds is 1. The van der Waals surface area contributed by atoms with E-state index in [-0.39, 0.29) is 38.6 Å². The molecule has 0 aliphatic heterocycles. The summed E-state index contributed by atoms with van der Waals surface area (Å²) in [5, 5.41) is 14.9. The van der Waals surface area contributed by atoms with Crippen molar-refractivity contribution in [2.24, 2.45) is 11.1 Å². The van der Waals surface area contributed by atoms with E-state index < -0.39 is 0 Å². The second-order valence-electron chi connectivity index (χ2n) is 1.84. The van der Waals surface area contributed by atoms with Crippen LogP contribution < -0.4 is 0 Å². The van der Waals surface area contributed by atoms with Crippen LogP contribution in [0.3, 0.4) is 0 Å². The molecule has 0 saturated heterocycles. The topological polar surface area (TPSA) is 46.7 Å². The first-order valence-corrected chi connectivity index (χ1v) is 2.54. The molecule has 0 atom stereocenters. The Kier molecular flexibility index (Phi) is 8.72. The van der Waals surface area contributed by atoms with Crippen molar-refractivity contribution < 1.29 is 37.9 Å². The molecule has 1 N–H and O–H groups in total. The van der Waals surface area contributed by atoms with Gasteiger partial charge in [-0.05, 0) is 11.8 Å². The molecule has 0 aliphatic rings. The Morgan fingerprint density at radius 3 is 2.00 bits per heavy atom. The van der Waals surface area contributed by atoms with Crippen LogP contribution in [0.25, 0.3) is 5.32 Å². The summed E-state index contributed by atoms with van der Waals surface area (Å²) < 4.78 is 0. The Hall–Kier alpha value is 0.374. The quantitative estimate of drug-likeness (QED) is 0.298. The van der Waals surface area contributed by atoms with Gasteiger partial charge in [0.05, 0.1) is 0 Å². The number of oxime groups is 1. The van der Waals surface area contributed by atoms with Gasteiger partial charge in [-0.3, -0.25) is 0 Å². The van der Waals surface area contributed by atoms with Gasteiger partial charge in [0.25, 0.3) is 0 Å². The maximum Gasteiger partial charge on any atom is 0 e. The first kappa shape index (κ1) is 12.1. The average molecular weight is 204 g/mol. The van der Waals surface area contributed by atoms with Gasteiger partial charge in [0.15, 0.2) is 0 Å². The van der Waals surface area contributed by atoms with Crippen molar-refractivity contribution in [2.75, 3.05) is 7.05 Å². The molecule has 0 bridgehead atoms. The van der Waals surface area contributed by atoms with Crippen molar-refractivity contribution in [3.8, 4) is 0 Å². The van der Waals surface area contributed by atoms with E-state index in [1.807, 2.05) is 13.8 Å². The van der Waals surface area contributed by atoms with Gasteiger partial charge in [-0.1, -0.05) is 20.9 Å². The first-order chi connectivity index (χ1) is 3.72. The van der Waals surface area contributed by atoms with E-state index in [9.17, 15) is 0 Å². The fourth-order valence-electron chi connectivity index (χ4n) is 0.418. The predicted molar refractivity (Wildman–Crippen MR) is 33.3 cm³/mol. The molecule has 0 amide bonds. The fourth-order valence-corrected chi connectivity index (χ4v) is 0.418. The van der Waals surface area contributed by atoms with Crippen molar-refractivity contribution >= 4 is 5.84 Å². The average Bonchev–Trinajstić information content (AvgIpc) is 1.69. The minimum Gasteiger partial charge on any atom is -0.509 e. The van der Waals surface area contributed by atoms with E-state index in [2.05, 4.69) is 10.5 Å². The van der Waals surface area contributed by atoms with Crippen LogP contribution in [0.1, 0.15) is 13.8 Å². The van der Waals surface area contributed by atoms with Crippen molar-refractivity contribution in [1.82, 2.24) is 0 Å². The van der Waals surface area contributed by atoms with Crippen molar-refractivity contribution in [3.63, 3.8) is 0 Å². The zero-order chi connectivity index (χ0) is 6.57. The van der Waals surface area contributed by atoms with E-state index in [0.29, 0.717) is 5.84 Å². The van der Waals surface area contributed by atoms with Crippen LogP contribution in [0, 0.1) is 5.92 Å². The molecule has 51 valence electrons. The van der Waals surface area contributed by atoms with Gasteiger partial charge in [-0.25, -0.2) is 0 Å². The molecule has 0 aromatic heterocycles. The summed E-state index contributed by atoms with van der Waals surface area (Å²) >= 11 is 0. The van der Waals surface area contributed by atoms with Crippen molar-refractivity contribution in [2.45, 2.75) is 13.8 Å². The third-order valence-corrected chi connectivity index (χ3v) is 0.848. The van der Waals surface area contributed by atoms with Crippen LogP contribution >= 0.6 is 0 Å². The smallest absolute Gasteiger partial charge is 0 e. The second-order valence-corrected chi connectivity index (χ2v) is 1.84. The summed E-state index contributed by atoms with van der Waals surface area (Å²) in [6.45, 7) is 3.84. The van der Waals surface area contributed by atoms with Gasteiger partial charge >= 0.3 is 0 Å². The fraction of sp³-hybridized carbons (Fsp3) is 0.800. The Balaban J connectivity index is 0. The summed E-state index contributed by atoms with van der Waals surface area (Å²) in [6.07, 6.45) is 0. The molecule has 0 fully saturated rings. The largest absolute Gasteiger partial charge is 0.509 e. The molecule has 0 heterocycles. The van der Waals surface area contributed by atoms with Gasteiger partial charge in [0, 0.05) is 32.7 Å². The Bertz CT molecular complexity index is 93.0. The Morgan fingerprint density at radius 1 is 1.56 bits per heavy atom. The summed E-state index contributed by atoms with van der Waals surface area (Å²) in [5.41, 5.74) is 0. The molecule has 3 nitrogen and oxygen atoms in total. The van der Waals surface area contributed by atoms with Crippen LogP contribution in [0.5, 0.6) is 0 Å². The first-order valence-electron chi connectivity index (χ1n) is 2.54. The number of nitrogens with zero attached hydrogens (tertiary/aromatic N) is 2. The van der Waals surface area contributed by atoms with Gasteiger partial charge in [-0.2, -0.15) is 0 Å². The van der Waals surface area contributed by atoms with E-state index in [0.717, 1.165) is 0 Å². The zero-order valence-electron chi connectivity index (χ0n) is 6.00. The summed E-state index contributed by atoms with van der Waals surface area (Å²) in [7, 11) is 1.61. The van der Waals surface area contributed by atoms with Crippen LogP contribution in [0.15, 0.2) is 5.16 Å². The third-order valence-electron chi connectivity index (χ3n) is 0.848. The van der Waals surface area contributed by atoms with Crippen LogP contribution in [-0.4, -0.2) is 18.1 Å². The molecular formula is C5H11N2OY-. The maximum absolute atomic E-state index is 8.19. The standard InChI is InChI=1S/C5H11N2O.Y/c1-4(2)5(6-3)7-8;/h4H,1-3H3,(H-,6,7,8);/q-1;. The number of hydrogen-bond donors (Lipinski definition) is 1. The van der Waals surface area contributed by atoms with E-state index in [4.69, 9.17) is 5.21 Å². The molecule has 0 aromatic rings. The van der Waals surface area contributed by atoms with Crippen LogP contribution in [0.4, 0.5) is 0 Å². The molecule has 0 spiro atoms. The van der Waals surface area contributed by atoms with Crippen molar-refractivity contribution in [1.29, 1.82) is 0 Å². The molecule has 0 rings (SSSR count). The molecule has 9 heavy (non-hydrogen) atoms. The van der Waals surface area contributed by atoms with Gasteiger partial charge in [-0.15, -0.1) is 0 Å². The zero-order valence-corrected chi connectivity index (χ0v) is 8.83. The van der Waals surface area contributed by atoms with E-state index >= 15 is 0 Å². The molecule has 0 aromatic carbocycles. The summed E-state index contributed by atoms with van der Waals surface area (Å²) in [5.74, 6) is 0.704. The van der Waals surface area contributed by atoms with Crippen molar-refractivity contribution in [3.05, 3.63) is 5.32 Å². The Morgan fingerprint density at radius 2 is 2.00 bits per heavy atom. The van der Waals surface area contributed by atoms with E-state index in [1.165, 1.54) is 0 Å². The monoisotopic (exact) mass is 204 g/mol. The second kappa shape index (κ2) is 6.49. The molecule has 0 saturated carbocycles. The number of amidine groups is 1.